The molecule has 0 saturated heterocycles. The summed E-state index contributed by atoms with van der Waals surface area (Å²) in [5.41, 5.74) is 1.56. The third-order valence-electron chi connectivity index (χ3n) is 3.93. The molecule has 0 radical (unpaired) electrons. The van der Waals surface area contributed by atoms with Gasteiger partial charge >= 0.3 is 5.97 Å². The lowest BCUT2D eigenvalue weighted by Gasteiger charge is -2.07. The molecule has 142 valence electrons. The van der Waals surface area contributed by atoms with Gasteiger partial charge in [0, 0.05) is 5.56 Å². The van der Waals surface area contributed by atoms with Gasteiger partial charge in [0.05, 0.1) is 22.5 Å². The SMILES string of the molecule is Cc1ccc(C(=O)COC(=O)c2ccc(-n3ncc(Cl)c(Cl)c3=O)cc2)cc1. The van der Waals surface area contributed by atoms with E-state index in [1.165, 1.54) is 30.5 Å². The molecule has 0 aliphatic heterocycles. The van der Waals surface area contributed by atoms with Crippen LogP contribution in [0.25, 0.3) is 5.69 Å². The van der Waals surface area contributed by atoms with Crippen LogP contribution in [0.2, 0.25) is 10.0 Å². The molecule has 2 aromatic carbocycles. The Balaban J connectivity index is 1.69. The zero-order chi connectivity index (χ0) is 20.3. The van der Waals surface area contributed by atoms with Crippen molar-refractivity contribution in [2.45, 2.75) is 6.92 Å². The molecule has 0 bridgehead atoms. The van der Waals surface area contributed by atoms with E-state index in [9.17, 15) is 14.4 Å². The molecule has 1 heterocycles. The number of halogens is 2. The number of aromatic nitrogens is 2. The fraction of sp³-hybridized carbons (Fsp3) is 0.100. The second-order valence-electron chi connectivity index (χ2n) is 5.94. The fourth-order valence-electron chi connectivity index (χ4n) is 2.37. The largest absolute Gasteiger partial charge is 0.454 e. The fourth-order valence-corrected chi connectivity index (χ4v) is 2.63. The topological polar surface area (TPSA) is 78.3 Å². The van der Waals surface area contributed by atoms with Crippen molar-refractivity contribution in [3.05, 3.63) is 91.8 Å². The van der Waals surface area contributed by atoms with Crippen LogP contribution in [0.15, 0.2) is 59.5 Å². The monoisotopic (exact) mass is 416 g/mol. The highest BCUT2D eigenvalue weighted by molar-refractivity contribution is 6.41. The third kappa shape index (κ3) is 4.30. The smallest absolute Gasteiger partial charge is 0.338 e. The second-order valence-corrected chi connectivity index (χ2v) is 6.72. The van der Waals surface area contributed by atoms with Crippen LogP contribution in [0.1, 0.15) is 26.3 Å². The highest BCUT2D eigenvalue weighted by Gasteiger charge is 2.13. The minimum Gasteiger partial charge on any atom is -0.454 e. The first-order valence-corrected chi connectivity index (χ1v) is 8.93. The van der Waals surface area contributed by atoms with Gasteiger partial charge in [-0.1, -0.05) is 53.0 Å². The first kappa shape index (κ1) is 19.8. The van der Waals surface area contributed by atoms with Crippen molar-refractivity contribution in [1.29, 1.82) is 0 Å². The first-order valence-electron chi connectivity index (χ1n) is 8.17. The van der Waals surface area contributed by atoms with Crippen molar-refractivity contribution in [2.24, 2.45) is 0 Å². The van der Waals surface area contributed by atoms with Gasteiger partial charge in [0.25, 0.3) is 5.56 Å². The number of ether oxygens (including phenoxy) is 1. The zero-order valence-electron chi connectivity index (χ0n) is 14.7. The average Bonchev–Trinajstić information content (AvgIpc) is 2.71. The molecule has 8 heteroatoms. The van der Waals surface area contributed by atoms with E-state index in [2.05, 4.69) is 5.10 Å². The third-order valence-corrected chi connectivity index (χ3v) is 4.68. The summed E-state index contributed by atoms with van der Waals surface area (Å²) in [6.45, 7) is 1.55. The van der Waals surface area contributed by atoms with Crippen molar-refractivity contribution in [3.63, 3.8) is 0 Å². The Bertz CT molecular complexity index is 1090. The summed E-state index contributed by atoms with van der Waals surface area (Å²) in [5.74, 6) is -0.946. The Morgan fingerprint density at radius 3 is 2.25 bits per heavy atom. The Labute approximate surface area is 170 Å². The minimum absolute atomic E-state index is 0.0568. The maximum atomic E-state index is 12.2. The molecule has 0 unspecified atom stereocenters. The Morgan fingerprint density at radius 1 is 1.00 bits per heavy atom. The standard InChI is InChI=1S/C20H14Cl2N2O4/c1-12-2-4-13(5-3-12)17(25)11-28-20(27)14-6-8-15(9-7-14)24-19(26)18(22)16(21)10-23-24/h2-10H,11H2,1H3. The van der Waals surface area contributed by atoms with Crippen molar-refractivity contribution >= 4 is 35.0 Å². The number of carbonyl (C=O) groups excluding carboxylic acids is 2. The Kier molecular flexibility index (Phi) is 5.92. The summed E-state index contributed by atoms with van der Waals surface area (Å²) in [4.78, 5) is 36.3. The van der Waals surface area contributed by atoms with Crippen LogP contribution in [-0.2, 0) is 4.74 Å². The number of aryl methyl sites for hydroxylation is 1. The van der Waals surface area contributed by atoms with Gasteiger partial charge in [-0.3, -0.25) is 9.59 Å². The molecule has 3 aromatic rings. The number of carbonyl (C=O) groups is 2. The molecule has 0 amide bonds. The summed E-state index contributed by atoms with van der Waals surface area (Å²) < 4.78 is 6.13. The summed E-state index contributed by atoms with van der Waals surface area (Å²) in [6, 6.07) is 12.9. The lowest BCUT2D eigenvalue weighted by atomic mass is 10.1. The molecule has 0 saturated carbocycles. The van der Waals surface area contributed by atoms with Crippen molar-refractivity contribution in [3.8, 4) is 5.69 Å². The molecular formula is C20H14Cl2N2O4. The number of hydrogen-bond donors (Lipinski definition) is 0. The van der Waals surface area contributed by atoms with E-state index < -0.39 is 11.5 Å². The van der Waals surface area contributed by atoms with E-state index in [0.29, 0.717) is 11.3 Å². The van der Waals surface area contributed by atoms with Gasteiger partial charge in [-0.25, -0.2) is 4.79 Å². The van der Waals surface area contributed by atoms with Crippen LogP contribution in [0.5, 0.6) is 0 Å². The van der Waals surface area contributed by atoms with E-state index in [4.69, 9.17) is 27.9 Å². The molecule has 28 heavy (non-hydrogen) atoms. The van der Waals surface area contributed by atoms with Gasteiger partial charge in [-0.15, -0.1) is 0 Å². The van der Waals surface area contributed by atoms with Crippen molar-refractivity contribution in [1.82, 2.24) is 9.78 Å². The van der Waals surface area contributed by atoms with Gasteiger partial charge in [-0.05, 0) is 31.2 Å². The van der Waals surface area contributed by atoms with Gasteiger partial charge in [0.15, 0.2) is 12.4 Å². The van der Waals surface area contributed by atoms with Crippen LogP contribution in [0.4, 0.5) is 0 Å². The second kappa shape index (κ2) is 8.37. The number of hydrogen-bond acceptors (Lipinski definition) is 5. The summed E-state index contributed by atoms with van der Waals surface area (Å²) in [7, 11) is 0. The first-order chi connectivity index (χ1) is 13.4. The Hall–Kier alpha value is -2.96. The molecule has 0 atom stereocenters. The normalized spacial score (nSPS) is 10.5. The van der Waals surface area contributed by atoms with Crippen LogP contribution < -0.4 is 5.56 Å². The summed E-state index contributed by atoms with van der Waals surface area (Å²) in [5, 5.41) is 3.82. The quantitative estimate of drug-likeness (QED) is 0.465. The molecule has 0 N–H and O–H groups in total. The highest BCUT2D eigenvalue weighted by Crippen LogP contribution is 2.16. The van der Waals surface area contributed by atoms with E-state index in [-0.39, 0.29) is 28.0 Å². The molecule has 0 spiro atoms. The molecule has 0 fully saturated rings. The lowest BCUT2D eigenvalue weighted by Crippen LogP contribution is -2.21. The maximum absolute atomic E-state index is 12.2. The van der Waals surface area contributed by atoms with Crippen LogP contribution >= 0.6 is 23.2 Å². The van der Waals surface area contributed by atoms with Crippen LogP contribution in [-0.4, -0.2) is 28.1 Å². The van der Waals surface area contributed by atoms with Crippen LogP contribution in [0, 0.1) is 6.92 Å². The number of Topliss-reactive ketones (excluding diaryl/α,β-unsaturated/α-hetero) is 1. The van der Waals surface area contributed by atoms with Crippen molar-refractivity contribution in [2.75, 3.05) is 6.61 Å². The number of rotatable bonds is 5. The number of esters is 1. The van der Waals surface area contributed by atoms with Gasteiger partial charge < -0.3 is 4.74 Å². The maximum Gasteiger partial charge on any atom is 0.338 e. The number of ketones is 1. The van der Waals surface area contributed by atoms with E-state index in [1.807, 2.05) is 19.1 Å². The summed E-state index contributed by atoms with van der Waals surface area (Å²) in [6.07, 6.45) is 1.25. The van der Waals surface area contributed by atoms with Crippen LogP contribution in [0.3, 0.4) is 0 Å². The lowest BCUT2D eigenvalue weighted by molar-refractivity contribution is 0.0475. The predicted molar refractivity (Wildman–Crippen MR) is 106 cm³/mol. The molecule has 1 aromatic heterocycles. The van der Waals surface area contributed by atoms with Gasteiger partial charge in [-0.2, -0.15) is 9.78 Å². The summed E-state index contributed by atoms with van der Waals surface area (Å²) >= 11 is 11.6. The molecular weight excluding hydrogens is 403 g/mol. The highest BCUT2D eigenvalue weighted by atomic mass is 35.5. The number of benzene rings is 2. The molecule has 0 aliphatic rings. The number of nitrogens with zero attached hydrogens (tertiary/aromatic N) is 2. The van der Waals surface area contributed by atoms with Gasteiger partial charge in [0.1, 0.15) is 5.02 Å². The molecule has 0 aliphatic carbocycles. The van der Waals surface area contributed by atoms with E-state index >= 15 is 0 Å². The van der Waals surface area contributed by atoms with Gasteiger partial charge in [0.2, 0.25) is 0 Å². The van der Waals surface area contributed by atoms with E-state index in [0.717, 1.165) is 10.2 Å². The van der Waals surface area contributed by atoms with E-state index in [1.54, 1.807) is 12.1 Å². The zero-order valence-corrected chi connectivity index (χ0v) is 16.2. The minimum atomic E-state index is -0.651. The van der Waals surface area contributed by atoms with Crippen molar-refractivity contribution < 1.29 is 14.3 Å². The average molecular weight is 417 g/mol. The molecule has 3 rings (SSSR count). The Morgan fingerprint density at radius 2 is 1.61 bits per heavy atom. The predicted octanol–water partition coefficient (Wildman–Crippen LogP) is 3.89. The molecule has 6 nitrogen and oxygen atoms in total.